The Morgan fingerprint density at radius 3 is 2.70 bits per heavy atom. The quantitative estimate of drug-likeness (QED) is 0.461. The fourth-order valence-electron chi connectivity index (χ4n) is 3.42. The first-order valence-corrected chi connectivity index (χ1v) is 9.60. The Kier molecular flexibility index (Phi) is 5.55. The molecule has 0 saturated carbocycles. The van der Waals surface area contributed by atoms with Gasteiger partial charge in [-0.3, -0.25) is 4.98 Å². The maximum absolute atomic E-state index is 12.8. The number of fused-ring (bicyclic) bond motifs is 1. The highest BCUT2D eigenvalue weighted by atomic mass is 19.4. The molecule has 0 saturated heterocycles. The molecule has 0 aliphatic carbocycles. The number of rotatable bonds is 6. The second-order valence-corrected chi connectivity index (χ2v) is 7.32. The summed E-state index contributed by atoms with van der Waals surface area (Å²) in [5.74, 6) is 0.694. The number of nitrogens with two attached hydrogens (primary N) is 1. The fourth-order valence-corrected chi connectivity index (χ4v) is 3.42. The first-order valence-electron chi connectivity index (χ1n) is 9.60. The molecule has 2 aromatic carbocycles. The van der Waals surface area contributed by atoms with Gasteiger partial charge in [0.15, 0.2) is 0 Å². The predicted molar refractivity (Wildman–Crippen MR) is 109 cm³/mol. The Bertz CT molecular complexity index is 1150. The first-order chi connectivity index (χ1) is 14.4. The highest BCUT2D eigenvalue weighted by molar-refractivity contribution is 5.85. The zero-order valence-corrected chi connectivity index (χ0v) is 16.1. The van der Waals surface area contributed by atoms with Gasteiger partial charge in [0.1, 0.15) is 11.5 Å². The van der Waals surface area contributed by atoms with Gasteiger partial charge in [-0.1, -0.05) is 35.5 Å². The van der Waals surface area contributed by atoms with Gasteiger partial charge in [-0.2, -0.15) is 13.2 Å². The molecule has 0 radical (unpaired) electrons. The second kappa shape index (κ2) is 8.28. The van der Waals surface area contributed by atoms with E-state index < -0.39 is 11.7 Å². The van der Waals surface area contributed by atoms with E-state index in [1.54, 1.807) is 18.5 Å². The monoisotopic (exact) mass is 411 g/mol. The van der Waals surface area contributed by atoms with Gasteiger partial charge in [-0.15, -0.1) is 0 Å². The van der Waals surface area contributed by atoms with Crippen molar-refractivity contribution in [3.8, 4) is 11.3 Å². The second-order valence-electron chi connectivity index (χ2n) is 7.32. The summed E-state index contributed by atoms with van der Waals surface area (Å²) < 4.78 is 44.0. The van der Waals surface area contributed by atoms with E-state index in [2.05, 4.69) is 10.1 Å². The molecule has 4 aromatic rings. The molecular weight excluding hydrogens is 391 g/mol. The molecule has 30 heavy (non-hydrogen) atoms. The fraction of sp³-hybridized carbons (Fsp3) is 0.217. The number of nitrogens with zero attached hydrogens (tertiary/aromatic N) is 2. The van der Waals surface area contributed by atoms with Crippen LogP contribution in [0.3, 0.4) is 0 Å². The third-order valence-corrected chi connectivity index (χ3v) is 5.01. The minimum absolute atomic E-state index is 0.282. The van der Waals surface area contributed by atoms with Crippen LogP contribution in [0.25, 0.3) is 22.0 Å². The van der Waals surface area contributed by atoms with Crippen LogP contribution in [0.5, 0.6) is 0 Å². The number of benzene rings is 2. The zero-order chi connectivity index (χ0) is 21.1. The van der Waals surface area contributed by atoms with Crippen LogP contribution in [0.1, 0.15) is 23.3 Å². The van der Waals surface area contributed by atoms with Crippen LogP contribution in [0.15, 0.2) is 71.5 Å². The Hall–Kier alpha value is -3.19. The van der Waals surface area contributed by atoms with Crippen molar-refractivity contribution in [3.05, 3.63) is 83.9 Å². The minimum Gasteiger partial charge on any atom is -0.361 e. The van der Waals surface area contributed by atoms with Crippen LogP contribution in [-0.2, 0) is 19.0 Å². The Morgan fingerprint density at radius 1 is 1.00 bits per heavy atom. The van der Waals surface area contributed by atoms with Gasteiger partial charge in [0.25, 0.3) is 0 Å². The van der Waals surface area contributed by atoms with E-state index in [1.165, 1.54) is 6.07 Å². The Balaban J connectivity index is 1.38. The average Bonchev–Trinajstić information content (AvgIpc) is 3.21. The predicted octanol–water partition coefficient (Wildman–Crippen LogP) is 5.41. The molecule has 4 rings (SSSR count). The lowest BCUT2D eigenvalue weighted by Gasteiger charge is -2.12. The summed E-state index contributed by atoms with van der Waals surface area (Å²) in [6, 6.07) is 14.8. The van der Waals surface area contributed by atoms with Crippen molar-refractivity contribution in [2.45, 2.75) is 31.5 Å². The summed E-state index contributed by atoms with van der Waals surface area (Å²) in [7, 11) is 0. The molecule has 0 unspecified atom stereocenters. The number of aryl methyl sites for hydroxylation is 1. The van der Waals surface area contributed by atoms with E-state index in [9.17, 15) is 13.2 Å². The molecule has 2 N–H and O–H groups in total. The van der Waals surface area contributed by atoms with E-state index in [4.69, 9.17) is 10.3 Å². The molecule has 154 valence electrons. The highest BCUT2D eigenvalue weighted by Crippen LogP contribution is 2.30. The maximum atomic E-state index is 12.8. The largest absolute Gasteiger partial charge is 0.416 e. The van der Waals surface area contributed by atoms with Crippen molar-refractivity contribution in [1.82, 2.24) is 10.1 Å². The minimum atomic E-state index is -4.35. The van der Waals surface area contributed by atoms with E-state index in [0.29, 0.717) is 30.6 Å². The summed E-state index contributed by atoms with van der Waals surface area (Å²) in [6.07, 6.45) is 0.698. The van der Waals surface area contributed by atoms with E-state index in [0.717, 1.165) is 34.2 Å². The smallest absolute Gasteiger partial charge is 0.361 e. The Labute approximate surface area is 171 Å². The van der Waals surface area contributed by atoms with Gasteiger partial charge in [-0.25, -0.2) is 0 Å². The molecule has 0 fully saturated rings. The van der Waals surface area contributed by atoms with Crippen molar-refractivity contribution in [1.29, 1.82) is 0 Å². The van der Waals surface area contributed by atoms with Crippen LogP contribution in [0.4, 0.5) is 13.2 Å². The molecule has 2 aromatic heterocycles. The summed E-state index contributed by atoms with van der Waals surface area (Å²) in [4.78, 5) is 4.11. The van der Waals surface area contributed by atoms with Gasteiger partial charge in [0, 0.05) is 41.9 Å². The Morgan fingerprint density at radius 2 is 1.87 bits per heavy atom. The summed E-state index contributed by atoms with van der Waals surface area (Å²) in [6.45, 7) is 0. The van der Waals surface area contributed by atoms with Crippen LogP contribution in [0, 0.1) is 0 Å². The third-order valence-electron chi connectivity index (χ3n) is 5.01. The van der Waals surface area contributed by atoms with Gasteiger partial charge >= 0.3 is 6.18 Å². The molecular formula is C23H20F3N3O. The number of aromatic nitrogens is 2. The third kappa shape index (κ3) is 4.68. The van der Waals surface area contributed by atoms with Crippen molar-refractivity contribution in [2.75, 3.05) is 0 Å². The van der Waals surface area contributed by atoms with Crippen LogP contribution >= 0.6 is 0 Å². The summed E-state index contributed by atoms with van der Waals surface area (Å²) in [5.41, 5.74) is 7.73. The van der Waals surface area contributed by atoms with E-state index >= 15 is 0 Å². The van der Waals surface area contributed by atoms with Crippen molar-refractivity contribution >= 4 is 10.8 Å². The molecule has 0 bridgehead atoms. The van der Waals surface area contributed by atoms with Crippen LogP contribution < -0.4 is 5.73 Å². The normalized spacial score (nSPS) is 12.9. The van der Waals surface area contributed by atoms with Gasteiger partial charge in [-0.05, 0) is 42.0 Å². The summed E-state index contributed by atoms with van der Waals surface area (Å²) in [5, 5.41) is 6.25. The maximum Gasteiger partial charge on any atom is 0.416 e. The molecule has 0 spiro atoms. The standard InChI is InChI=1S/C23H20F3N3O/c24-23(25,26)19-3-1-2-15(10-19)11-20(27)6-7-21-13-22(29-30-21)17-4-5-18-14-28-9-8-16(18)12-17/h1-5,8-10,12-14,20H,6-7,11,27H2/t20-/m1/s1. The number of halogens is 3. The van der Waals surface area contributed by atoms with Crippen molar-refractivity contribution in [2.24, 2.45) is 5.73 Å². The number of pyridine rings is 1. The summed E-state index contributed by atoms with van der Waals surface area (Å²) >= 11 is 0. The molecule has 0 aliphatic rings. The topological polar surface area (TPSA) is 64.9 Å². The van der Waals surface area contributed by atoms with Gasteiger partial charge in [0.2, 0.25) is 0 Å². The molecule has 1 atom stereocenters. The highest BCUT2D eigenvalue weighted by Gasteiger charge is 2.30. The lowest BCUT2D eigenvalue weighted by molar-refractivity contribution is -0.137. The molecule has 0 amide bonds. The van der Waals surface area contributed by atoms with Crippen LogP contribution in [-0.4, -0.2) is 16.2 Å². The lowest BCUT2D eigenvalue weighted by Crippen LogP contribution is -2.23. The zero-order valence-electron chi connectivity index (χ0n) is 16.1. The van der Waals surface area contributed by atoms with Crippen molar-refractivity contribution < 1.29 is 17.7 Å². The van der Waals surface area contributed by atoms with Gasteiger partial charge < -0.3 is 10.3 Å². The molecule has 2 heterocycles. The molecule has 0 aliphatic heterocycles. The van der Waals surface area contributed by atoms with Crippen LogP contribution in [0.2, 0.25) is 0 Å². The van der Waals surface area contributed by atoms with Crippen molar-refractivity contribution in [3.63, 3.8) is 0 Å². The number of hydrogen-bond donors (Lipinski definition) is 1. The average molecular weight is 411 g/mol. The SMILES string of the molecule is N[C@H](CCc1cc(-c2ccc3cnccc3c2)no1)Cc1cccc(C(F)(F)F)c1. The molecule has 7 heteroatoms. The first kappa shape index (κ1) is 20.1. The van der Waals surface area contributed by atoms with Gasteiger partial charge in [0.05, 0.1) is 5.56 Å². The lowest BCUT2D eigenvalue weighted by atomic mass is 10.00. The van der Waals surface area contributed by atoms with E-state index in [-0.39, 0.29) is 6.04 Å². The number of hydrogen-bond acceptors (Lipinski definition) is 4. The molecule has 4 nitrogen and oxygen atoms in total. The number of alkyl halides is 3. The van der Waals surface area contributed by atoms with E-state index in [1.807, 2.05) is 30.3 Å².